The van der Waals surface area contributed by atoms with Crippen LogP contribution < -0.4 is 10.6 Å². The summed E-state index contributed by atoms with van der Waals surface area (Å²) in [5, 5.41) is 9.09. The molecule has 2 aliphatic carbocycles. The van der Waals surface area contributed by atoms with E-state index in [1.165, 1.54) is 48.5 Å². The molecule has 4 amide bonds. The molecule has 2 aromatic carbocycles. The Morgan fingerprint density at radius 2 is 1.14 bits per heavy atom. The van der Waals surface area contributed by atoms with E-state index in [1.807, 2.05) is 12.2 Å². The molecule has 0 aromatic heterocycles. The van der Waals surface area contributed by atoms with Crippen molar-refractivity contribution in [3.63, 3.8) is 0 Å². The van der Waals surface area contributed by atoms with Gasteiger partial charge in [0.05, 0.1) is 17.4 Å². The minimum absolute atomic E-state index is 0.0157. The van der Waals surface area contributed by atoms with E-state index in [2.05, 4.69) is 20.5 Å². The van der Waals surface area contributed by atoms with Crippen LogP contribution in [0.5, 0.6) is 0 Å². The quantitative estimate of drug-likeness (QED) is 0.117. The maximum atomic E-state index is 12.7. The normalized spacial score (nSPS) is 21.1. The molecule has 1 aliphatic heterocycles. The fourth-order valence-electron chi connectivity index (χ4n) is 5.93. The van der Waals surface area contributed by atoms with Gasteiger partial charge in [-0.25, -0.2) is 4.79 Å². The van der Waals surface area contributed by atoms with E-state index >= 15 is 0 Å². The Bertz CT molecular complexity index is 1480. The van der Waals surface area contributed by atoms with Gasteiger partial charge >= 0.3 is 105 Å². The Balaban J connectivity index is 0.959. The Kier molecular flexibility index (Phi) is 9.42. The van der Waals surface area contributed by atoms with E-state index < -0.39 is 35.6 Å². The zero-order chi connectivity index (χ0) is 31.2. The van der Waals surface area contributed by atoms with Gasteiger partial charge in [0.1, 0.15) is 0 Å². The molecule has 2 bridgehead atoms. The molecule has 225 valence electrons. The molecule has 2 N–H and O–H groups in total. The molecule has 13 heteroatoms. The maximum absolute atomic E-state index is 12.7. The van der Waals surface area contributed by atoms with Crippen molar-refractivity contribution in [2.75, 3.05) is 13.1 Å². The van der Waals surface area contributed by atoms with Crippen LogP contribution in [-0.2, 0) is 19.3 Å². The molecule has 2 fully saturated rings. The summed E-state index contributed by atoms with van der Waals surface area (Å²) in [4.78, 5) is 83.9. The van der Waals surface area contributed by atoms with Crippen LogP contribution in [0.4, 0.5) is 0 Å². The molecule has 12 nitrogen and oxygen atoms in total. The van der Waals surface area contributed by atoms with Crippen LogP contribution in [0.3, 0.4) is 0 Å². The van der Waals surface area contributed by atoms with Gasteiger partial charge in [-0.15, -0.1) is 5.06 Å². The molecule has 1 saturated heterocycles. The van der Waals surface area contributed by atoms with E-state index in [0.717, 1.165) is 32.1 Å². The number of unbranched alkanes of at least 4 members (excludes halogenated alkanes) is 3. The summed E-state index contributed by atoms with van der Waals surface area (Å²) in [6, 6.07) is 11.7. The number of rotatable bonds is 13. The van der Waals surface area contributed by atoms with E-state index in [1.54, 1.807) is 0 Å². The fourth-order valence-corrected chi connectivity index (χ4v) is 5.93. The molecule has 1 radical (unpaired) electrons. The van der Waals surface area contributed by atoms with Gasteiger partial charge in [-0.2, -0.15) is 0 Å². The summed E-state index contributed by atoms with van der Waals surface area (Å²) in [5.41, 5.74) is 1.10. The summed E-state index contributed by atoms with van der Waals surface area (Å²) >= 11 is 0. The van der Waals surface area contributed by atoms with Gasteiger partial charge in [-0.1, -0.05) is 18.6 Å². The van der Waals surface area contributed by atoms with Crippen LogP contribution in [0.25, 0.3) is 0 Å². The number of hydroxylamine groups is 2. The van der Waals surface area contributed by atoms with Crippen molar-refractivity contribution in [2.45, 2.75) is 32.1 Å². The molecule has 4 unspecified atom stereocenters. The predicted molar refractivity (Wildman–Crippen MR) is 155 cm³/mol. The standard InChI is InChI=1S/C31H30BN4O8/c32-35-43-30(41)20-9-5-18(6-10-20)26(37)33-15-3-1-2-4-16-34-27(38)19-7-11-21(12-8-19)31(42)44-36-28(39)24-22-13-14-23(17-22)25(24)29(36)40/h5-14,22-25H,1-4,15-17H2,(H,33,37)(H,34,38). The first-order chi connectivity index (χ1) is 21.3. The molecule has 1 saturated carbocycles. The Hall–Kier alpha value is -4.94. The van der Waals surface area contributed by atoms with Crippen molar-refractivity contribution >= 4 is 43.2 Å². The van der Waals surface area contributed by atoms with Gasteiger partial charge in [-0.3, -0.25) is 14.4 Å². The summed E-state index contributed by atoms with van der Waals surface area (Å²) in [6.07, 6.45) is 7.90. The molecule has 0 spiro atoms. The molecular formula is C31H30BN4O8. The molecule has 44 heavy (non-hydrogen) atoms. The molecule has 3 aliphatic rings. The number of amides is 4. The van der Waals surface area contributed by atoms with Crippen molar-refractivity contribution in [3.05, 3.63) is 82.9 Å². The summed E-state index contributed by atoms with van der Waals surface area (Å²) in [7, 11) is 4.81. The monoisotopic (exact) mass is 597 g/mol. The van der Waals surface area contributed by atoms with E-state index in [-0.39, 0.29) is 34.8 Å². The molecule has 5 rings (SSSR count). The van der Waals surface area contributed by atoms with Gasteiger partial charge in [0, 0.05) is 12.1 Å². The minimum atomic E-state index is -0.838. The first-order valence-electron chi connectivity index (χ1n) is 14.4. The number of hydrogen-bond donors (Lipinski definition) is 2. The summed E-state index contributed by atoms with van der Waals surface area (Å²) < 4.78 is 0. The summed E-state index contributed by atoms with van der Waals surface area (Å²) in [6.45, 7) is 0.939. The number of carbonyl (C=O) groups is 6. The van der Waals surface area contributed by atoms with Crippen LogP contribution in [-0.4, -0.2) is 61.4 Å². The van der Waals surface area contributed by atoms with Gasteiger partial charge < -0.3 is 10.2 Å². The number of nitrogens with one attached hydrogen (secondary N) is 2. The first kappa shape index (κ1) is 30.5. The second kappa shape index (κ2) is 13.6. The van der Waals surface area contributed by atoms with Gasteiger partial charge in [0.2, 0.25) is 0 Å². The number of carbonyl (C=O) groups excluding carboxylic acids is 6. The number of allylic oxidation sites excluding steroid dienone is 2. The first-order valence-corrected chi connectivity index (χ1v) is 14.4. The van der Waals surface area contributed by atoms with E-state index in [4.69, 9.17) is 12.5 Å². The number of fused-ring (bicyclic) bond motifs is 5. The van der Waals surface area contributed by atoms with Crippen molar-refractivity contribution in [3.8, 4) is 0 Å². The second-order valence-corrected chi connectivity index (χ2v) is 10.9. The predicted octanol–water partition coefficient (Wildman–Crippen LogP) is 2.71. The number of hydrogen-bond acceptors (Lipinski definition) is 9. The van der Waals surface area contributed by atoms with Gasteiger partial charge in [-0.05, 0) is 48.9 Å². The van der Waals surface area contributed by atoms with Crippen molar-refractivity contribution in [1.29, 1.82) is 0 Å². The van der Waals surface area contributed by atoms with Crippen molar-refractivity contribution in [1.82, 2.24) is 15.7 Å². The van der Waals surface area contributed by atoms with Crippen LogP contribution in [0.15, 0.2) is 65.7 Å². The van der Waals surface area contributed by atoms with E-state index in [9.17, 15) is 28.8 Å². The Morgan fingerprint density at radius 1 is 0.705 bits per heavy atom. The van der Waals surface area contributed by atoms with Gasteiger partial charge in [0.25, 0.3) is 17.7 Å². The van der Waals surface area contributed by atoms with Crippen molar-refractivity contribution in [2.24, 2.45) is 28.7 Å². The Morgan fingerprint density at radius 3 is 1.59 bits per heavy atom. The average Bonchev–Trinajstić information content (AvgIpc) is 3.73. The average molecular weight is 597 g/mol. The zero-order valence-corrected chi connectivity index (χ0v) is 23.8. The van der Waals surface area contributed by atoms with Gasteiger partial charge in [0.15, 0.2) is 0 Å². The number of imide groups is 1. The molecular weight excluding hydrogens is 567 g/mol. The third-order valence-electron chi connectivity index (χ3n) is 8.18. The third-order valence-corrected chi connectivity index (χ3v) is 8.18. The van der Waals surface area contributed by atoms with Crippen LogP contribution in [0, 0.1) is 23.7 Å². The SMILES string of the molecule is [B]=NOC(=O)c1ccc(C(=O)NCCCCCCNC(=O)c2ccc(C(=O)ON3C(=O)C4C5C=CC(C5)C4C3=O)cc2)cc1. The molecule has 4 atom stereocenters. The second-order valence-electron chi connectivity index (χ2n) is 10.9. The Labute approximate surface area is 254 Å². The van der Waals surface area contributed by atoms with Crippen molar-refractivity contribution < 1.29 is 38.4 Å². The number of nitrogens with zero attached hydrogens (tertiary/aromatic N) is 2. The fraction of sp³-hybridized carbons (Fsp3) is 0.355. The third kappa shape index (κ3) is 6.51. The van der Waals surface area contributed by atoms with E-state index in [0.29, 0.717) is 29.3 Å². The van der Waals surface area contributed by atoms with Crippen LogP contribution in [0.1, 0.15) is 73.5 Å². The molecule has 2 aromatic rings. The van der Waals surface area contributed by atoms with Crippen LogP contribution >= 0.6 is 0 Å². The topological polar surface area (TPSA) is 161 Å². The van der Waals surface area contributed by atoms with Crippen LogP contribution in [0.2, 0.25) is 0 Å². The summed E-state index contributed by atoms with van der Waals surface area (Å²) in [5.74, 6) is -3.94. The zero-order valence-electron chi connectivity index (χ0n) is 23.8. The molecule has 1 heterocycles. The number of benzene rings is 2.